The van der Waals surface area contributed by atoms with Gasteiger partial charge in [0.1, 0.15) is 5.82 Å². The van der Waals surface area contributed by atoms with Crippen molar-refractivity contribution < 1.29 is 4.39 Å². The first-order valence-electron chi connectivity index (χ1n) is 7.06. The molecule has 0 aliphatic heterocycles. The van der Waals surface area contributed by atoms with Gasteiger partial charge in [-0.2, -0.15) is 0 Å². The van der Waals surface area contributed by atoms with Crippen molar-refractivity contribution in [2.45, 2.75) is 45.6 Å². The fourth-order valence-corrected chi connectivity index (χ4v) is 3.08. The summed E-state index contributed by atoms with van der Waals surface area (Å²) >= 11 is 0. The summed E-state index contributed by atoms with van der Waals surface area (Å²) in [5.41, 5.74) is 7.34. The molecule has 0 radical (unpaired) electrons. The molecule has 1 saturated carbocycles. The van der Waals surface area contributed by atoms with Gasteiger partial charge in [-0.05, 0) is 54.7 Å². The largest absolute Gasteiger partial charge is 0.327 e. The van der Waals surface area contributed by atoms with Crippen LogP contribution in [0.4, 0.5) is 4.39 Å². The van der Waals surface area contributed by atoms with Gasteiger partial charge in [-0.1, -0.05) is 32.4 Å². The van der Waals surface area contributed by atoms with E-state index in [1.54, 1.807) is 12.1 Å². The standard InChI is InChI=1S/C16H24FN/c1-11-6-7-14(8-12(11)2)16(18)10-13-4-3-5-15(17)9-13/h3-5,9,11-12,14,16H,6-8,10,18H2,1-2H3. The second kappa shape index (κ2) is 5.83. The SMILES string of the molecule is CC1CCC(C(N)Cc2cccc(F)c2)CC1C. The summed E-state index contributed by atoms with van der Waals surface area (Å²) in [6.07, 6.45) is 4.52. The fraction of sp³-hybridized carbons (Fsp3) is 0.625. The highest BCUT2D eigenvalue weighted by Gasteiger charge is 2.28. The summed E-state index contributed by atoms with van der Waals surface area (Å²) in [5.74, 6) is 2.02. The van der Waals surface area contributed by atoms with Crippen molar-refractivity contribution in [3.8, 4) is 0 Å². The first kappa shape index (κ1) is 13.5. The molecule has 0 heterocycles. The minimum absolute atomic E-state index is 0.162. The predicted molar refractivity (Wildman–Crippen MR) is 73.7 cm³/mol. The van der Waals surface area contributed by atoms with Gasteiger partial charge in [-0.3, -0.25) is 0 Å². The van der Waals surface area contributed by atoms with Crippen LogP contribution in [0.5, 0.6) is 0 Å². The van der Waals surface area contributed by atoms with Gasteiger partial charge in [0.05, 0.1) is 0 Å². The average molecular weight is 249 g/mol. The van der Waals surface area contributed by atoms with Crippen LogP contribution in [0.1, 0.15) is 38.7 Å². The van der Waals surface area contributed by atoms with E-state index >= 15 is 0 Å². The maximum Gasteiger partial charge on any atom is 0.123 e. The van der Waals surface area contributed by atoms with Crippen molar-refractivity contribution in [1.29, 1.82) is 0 Å². The molecule has 1 aliphatic carbocycles. The van der Waals surface area contributed by atoms with Gasteiger partial charge in [-0.25, -0.2) is 4.39 Å². The number of hydrogen-bond acceptors (Lipinski definition) is 1. The second-order valence-corrected chi connectivity index (χ2v) is 6.03. The van der Waals surface area contributed by atoms with E-state index in [4.69, 9.17) is 5.73 Å². The second-order valence-electron chi connectivity index (χ2n) is 6.03. The summed E-state index contributed by atoms with van der Waals surface area (Å²) in [6, 6.07) is 7.00. The molecule has 0 amide bonds. The molecular formula is C16H24FN. The summed E-state index contributed by atoms with van der Waals surface area (Å²) < 4.78 is 13.1. The first-order chi connectivity index (χ1) is 8.56. The van der Waals surface area contributed by atoms with Crippen molar-refractivity contribution >= 4 is 0 Å². The molecule has 2 rings (SSSR count). The number of nitrogens with two attached hydrogens (primary N) is 1. The Kier molecular flexibility index (Phi) is 4.39. The Morgan fingerprint density at radius 3 is 2.72 bits per heavy atom. The van der Waals surface area contributed by atoms with E-state index in [0.29, 0.717) is 5.92 Å². The van der Waals surface area contributed by atoms with Crippen molar-refractivity contribution in [1.82, 2.24) is 0 Å². The van der Waals surface area contributed by atoms with Gasteiger partial charge in [0.25, 0.3) is 0 Å². The van der Waals surface area contributed by atoms with E-state index in [2.05, 4.69) is 13.8 Å². The summed E-state index contributed by atoms with van der Waals surface area (Å²) in [6.45, 7) is 4.66. The number of rotatable bonds is 3. The van der Waals surface area contributed by atoms with E-state index in [9.17, 15) is 4.39 Å². The molecule has 1 aromatic carbocycles. The van der Waals surface area contributed by atoms with Crippen LogP contribution in [0.3, 0.4) is 0 Å². The van der Waals surface area contributed by atoms with Crippen LogP contribution in [0.25, 0.3) is 0 Å². The molecule has 18 heavy (non-hydrogen) atoms. The number of benzene rings is 1. The minimum atomic E-state index is -0.162. The Hall–Kier alpha value is -0.890. The number of hydrogen-bond donors (Lipinski definition) is 1. The Morgan fingerprint density at radius 2 is 2.06 bits per heavy atom. The van der Waals surface area contributed by atoms with Crippen molar-refractivity contribution in [2.75, 3.05) is 0 Å². The van der Waals surface area contributed by atoms with Crippen LogP contribution in [0.2, 0.25) is 0 Å². The molecule has 4 unspecified atom stereocenters. The first-order valence-corrected chi connectivity index (χ1v) is 7.06. The Labute approximate surface area is 110 Å². The van der Waals surface area contributed by atoms with E-state index < -0.39 is 0 Å². The van der Waals surface area contributed by atoms with Gasteiger partial charge in [0.15, 0.2) is 0 Å². The zero-order valence-corrected chi connectivity index (χ0v) is 11.4. The Bertz CT molecular complexity index is 390. The van der Waals surface area contributed by atoms with Crippen LogP contribution < -0.4 is 5.73 Å². The predicted octanol–water partition coefficient (Wildman–Crippen LogP) is 3.77. The third-order valence-electron chi connectivity index (χ3n) is 4.60. The third-order valence-corrected chi connectivity index (χ3v) is 4.60. The smallest absolute Gasteiger partial charge is 0.123 e. The molecule has 1 aliphatic rings. The molecule has 4 atom stereocenters. The molecule has 0 aromatic heterocycles. The Morgan fingerprint density at radius 1 is 1.28 bits per heavy atom. The quantitative estimate of drug-likeness (QED) is 0.867. The van der Waals surface area contributed by atoms with Gasteiger partial charge in [0, 0.05) is 6.04 Å². The molecule has 0 spiro atoms. The molecule has 1 nitrogen and oxygen atoms in total. The molecule has 2 N–H and O–H groups in total. The average Bonchev–Trinajstić information content (AvgIpc) is 2.32. The van der Waals surface area contributed by atoms with Crippen molar-refractivity contribution in [3.05, 3.63) is 35.6 Å². The molecule has 0 saturated heterocycles. The minimum Gasteiger partial charge on any atom is -0.327 e. The highest BCUT2D eigenvalue weighted by molar-refractivity contribution is 5.17. The summed E-state index contributed by atoms with van der Waals surface area (Å²) in [5, 5.41) is 0. The van der Waals surface area contributed by atoms with Crippen molar-refractivity contribution in [3.63, 3.8) is 0 Å². The topological polar surface area (TPSA) is 26.0 Å². The van der Waals surface area contributed by atoms with E-state index in [-0.39, 0.29) is 11.9 Å². The zero-order chi connectivity index (χ0) is 13.1. The van der Waals surface area contributed by atoms with Crippen LogP contribution in [-0.4, -0.2) is 6.04 Å². The summed E-state index contributed by atoms with van der Waals surface area (Å²) in [7, 11) is 0. The third kappa shape index (κ3) is 3.32. The zero-order valence-electron chi connectivity index (χ0n) is 11.4. The van der Waals surface area contributed by atoms with Gasteiger partial charge >= 0.3 is 0 Å². The fourth-order valence-electron chi connectivity index (χ4n) is 3.08. The highest BCUT2D eigenvalue weighted by Crippen LogP contribution is 2.35. The van der Waals surface area contributed by atoms with Crippen LogP contribution in [0, 0.1) is 23.6 Å². The molecule has 0 bridgehead atoms. The van der Waals surface area contributed by atoms with Gasteiger partial charge in [-0.15, -0.1) is 0 Å². The summed E-state index contributed by atoms with van der Waals surface area (Å²) in [4.78, 5) is 0. The molecule has 1 aromatic rings. The maximum atomic E-state index is 13.1. The van der Waals surface area contributed by atoms with Crippen LogP contribution in [-0.2, 0) is 6.42 Å². The lowest BCUT2D eigenvalue weighted by atomic mass is 9.72. The monoisotopic (exact) mass is 249 g/mol. The van der Waals surface area contributed by atoms with Crippen LogP contribution in [0.15, 0.2) is 24.3 Å². The lowest BCUT2D eigenvalue weighted by Gasteiger charge is -2.35. The normalized spacial score (nSPS) is 30.1. The van der Waals surface area contributed by atoms with Gasteiger partial charge < -0.3 is 5.73 Å². The molecule has 2 heteroatoms. The lowest BCUT2D eigenvalue weighted by Crippen LogP contribution is -2.37. The molecular weight excluding hydrogens is 225 g/mol. The highest BCUT2D eigenvalue weighted by atomic mass is 19.1. The van der Waals surface area contributed by atoms with E-state index in [1.165, 1.54) is 25.3 Å². The van der Waals surface area contributed by atoms with Gasteiger partial charge in [0.2, 0.25) is 0 Å². The lowest BCUT2D eigenvalue weighted by molar-refractivity contribution is 0.185. The van der Waals surface area contributed by atoms with E-state index in [1.807, 2.05) is 6.07 Å². The van der Waals surface area contributed by atoms with E-state index in [0.717, 1.165) is 23.8 Å². The number of halogens is 1. The molecule has 1 fully saturated rings. The van der Waals surface area contributed by atoms with Crippen molar-refractivity contribution in [2.24, 2.45) is 23.5 Å². The maximum absolute atomic E-state index is 13.1. The Balaban J connectivity index is 1.94. The molecule has 100 valence electrons. The van der Waals surface area contributed by atoms with Crippen LogP contribution >= 0.6 is 0 Å².